The van der Waals surface area contributed by atoms with Gasteiger partial charge in [0, 0.05) is 17.1 Å². The van der Waals surface area contributed by atoms with E-state index in [9.17, 15) is 27.9 Å². The second-order valence-electron chi connectivity index (χ2n) is 10.2. The Morgan fingerprint density at radius 1 is 1.00 bits per heavy atom. The molecule has 1 aliphatic rings. The average Bonchev–Trinajstić information content (AvgIpc) is 2.96. The first-order chi connectivity index (χ1) is 20.0. The molecule has 5 rings (SSSR count). The lowest BCUT2D eigenvalue weighted by Gasteiger charge is -2.42. The minimum absolute atomic E-state index is 0.123. The van der Waals surface area contributed by atoms with Crippen molar-refractivity contribution in [2.45, 2.75) is 32.2 Å². The number of rotatable bonds is 5. The Hall–Kier alpha value is -4.70. The number of carbonyl (C=O) groups is 2. The van der Waals surface area contributed by atoms with E-state index >= 15 is 4.39 Å². The fourth-order valence-electron chi connectivity index (χ4n) is 5.46. The van der Waals surface area contributed by atoms with Gasteiger partial charge in [0.1, 0.15) is 5.82 Å². The predicted octanol–water partition coefficient (Wildman–Crippen LogP) is 6.43. The number of hydrogen-bond acceptors (Lipinski definition) is 4. The molecular formula is C32H27F4N3O3. The van der Waals surface area contributed by atoms with E-state index in [1.165, 1.54) is 23.1 Å². The van der Waals surface area contributed by atoms with Gasteiger partial charge in [-0.1, -0.05) is 48.5 Å². The number of amides is 2. The molecule has 6 nitrogen and oxygen atoms in total. The smallest absolute Gasteiger partial charge is 0.399 e. The van der Waals surface area contributed by atoms with Gasteiger partial charge in [-0.3, -0.25) is 14.5 Å². The van der Waals surface area contributed by atoms with Crippen LogP contribution in [0.4, 0.5) is 34.6 Å². The highest BCUT2D eigenvalue weighted by Gasteiger charge is 2.43. The van der Waals surface area contributed by atoms with E-state index in [2.05, 4.69) is 5.32 Å². The Bertz CT molecular complexity index is 1630. The summed E-state index contributed by atoms with van der Waals surface area (Å²) in [4.78, 5) is 29.5. The molecule has 10 heteroatoms. The molecule has 4 aromatic carbocycles. The highest BCUT2D eigenvalue weighted by molar-refractivity contribution is 6.09. The Balaban J connectivity index is 1.63. The molecule has 0 fully saturated rings. The van der Waals surface area contributed by atoms with Crippen LogP contribution < -0.4 is 16.0 Å². The quantitative estimate of drug-likeness (QED) is 0.188. The van der Waals surface area contributed by atoms with Crippen LogP contribution in [0.5, 0.6) is 0 Å². The van der Waals surface area contributed by atoms with Crippen LogP contribution in [0, 0.1) is 18.7 Å². The van der Waals surface area contributed by atoms with Crippen LogP contribution in [0.3, 0.4) is 0 Å². The number of fused-ring (bicyclic) bond motifs is 1. The number of carbonyl (C=O) groups excluding carboxylic acids is 2. The fourth-order valence-corrected chi connectivity index (χ4v) is 5.46. The molecule has 4 N–H and O–H groups in total. The van der Waals surface area contributed by atoms with Gasteiger partial charge in [0.2, 0.25) is 5.91 Å². The molecule has 0 unspecified atom stereocenters. The van der Waals surface area contributed by atoms with Gasteiger partial charge in [0.15, 0.2) is 0 Å². The molecule has 0 saturated carbocycles. The number of halogens is 4. The molecule has 0 bridgehead atoms. The lowest BCUT2D eigenvalue weighted by Crippen LogP contribution is -2.47. The minimum Gasteiger partial charge on any atom is -0.399 e. The molecule has 216 valence electrons. The minimum atomic E-state index is -4.75. The number of aryl methyl sites for hydroxylation is 1. The van der Waals surface area contributed by atoms with Gasteiger partial charge >= 0.3 is 6.18 Å². The van der Waals surface area contributed by atoms with E-state index in [4.69, 9.17) is 5.73 Å². The zero-order chi connectivity index (χ0) is 30.2. The van der Waals surface area contributed by atoms with E-state index < -0.39 is 47.9 Å². The summed E-state index contributed by atoms with van der Waals surface area (Å²) in [5.74, 6) is -3.00. The number of alkyl halides is 3. The summed E-state index contributed by atoms with van der Waals surface area (Å²) in [7, 11) is 0. The first kappa shape index (κ1) is 28.8. The highest BCUT2D eigenvalue weighted by atomic mass is 19.4. The summed E-state index contributed by atoms with van der Waals surface area (Å²) in [5, 5.41) is 12.0. The Morgan fingerprint density at radius 2 is 1.71 bits per heavy atom. The first-order valence-corrected chi connectivity index (χ1v) is 13.1. The van der Waals surface area contributed by atoms with Crippen LogP contribution in [0.1, 0.15) is 44.2 Å². The molecule has 2 amide bonds. The lowest BCUT2D eigenvalue weighted by molar-refractivity contribution is -0.138. The van der Waals surface area contributed by atoms with Gasteiger partial charge in [-0.05, 0) is 72.0 Å². The molecule has 2 atom stereocenters. The zero-order valence-electron chi connectivity index (χ0n) is 22.5. The molecule has 1 aliphatic heterocycles. The SMILES string of the molecule is Cc1cccc(F)c1C(=O)N1c2ccccc2C[C@H](C(=O)Nc2ccc(CO)c(C(F)(F)F)c2)[C@@H]1c1ccc(N)cc1. The summed E-state index contributed by atoms with van der Waals surface area (Å²) in [6, 6.07) is 20.0. The van der Waals surface area contributed by atoms with Crippen molar-refractivity contribution in [1.29, 1.82) is 0 Å². The third-order valence-electron chi connectivity index (χ3n) is 7.47. The number of hydrogen-bond donors (Lipinski definition) is 3. The molecule has 0 radical (unpaired) electrons. The van der Waals surface area contributed by atoms with Gasteiger partial charge in [0.05, 0.1) is 29.7 Å². The first-order valence-electron chi connectivity index (χ1n) is 13.1. The Morgan fingerprint density at radius 3 is 2.38 bits per heavy atom. The number of nitrogens with zero attached hydrogens (tertiary/aromatic N) is 1. The summed E-state index contributed by atoms with van der Waals surface area (Å²) in [5.41, 5.74) is 6.75. The maximum absolute atomic E-state index is 15.1. The van der Waals surface area contributed by atoms with Crippen molar-refractivity contribution in [3.8, 4) is 0 Å². The van der Waals surface area contributed by atoms with Crippen molar-refractivity contribution in [1.82, 2.24) is 0 Å². The standard InChI is InChI=1S/C32H27F4N3O3/c1-18-5-4-7-26(33)28(18)31(42)39-27-8-3-2-6-20(27)15-24(29(39)19-9-12-22(37)13-10-19)30(41)38-23-14-11-21(17-40)25(16-23)32(34,35)36/h2-14,16,24,29,40H,15,17,37H2,1H3,(H,38,41)/t24-,29-/m0/s1. The number of nitrogen functional groups attached to an aromatic ring is 1. The lowest BCUT2D eigenvalue weighted by atomic mass is 9.80. The summed E-state index contributed by atoms with van der Waals surface area (Å²) in [6.07, 6.45) is -4.60. The van der Waals surface area contributed by atoms with Crippen LogP contribution in [-0.2, 0) is 24.0 Å². The van der Waals surface area contributed by atoms with Crippen molar-refractivity contribution in [3.63, 3.8) is 0 Å². The van der Waals surface area contributed by atoms with E-state index in [0.717, 1.165) is 12.1 Å². The predicted molar refractivity (Wildman–Crippen MR) is 151 cm³/mol. The molecule has 0 spiro atoms. The summed E-state index contributed by atoms with van der Waals surface area (Å²) in [6.45, 7) is 0.789. The monoisotopic (exact) mass is 577 g/mol. The number of anilines is 3. The maximum atomic E-state index is 15.1. The van der Waals surface area contributed by atoms with Crippen molar-refractivity contribution in [3.05, 3.63) is 124 Å². The van der Waals surface area contributed by atoms with Crippen molar-refractivity contribution in [2.75, 3.05) is 16.0 Å². The zero-order valence-corrected chi connectivity index (χ0v) is 22.5. The van der Waals surface area contributed by atoms with Gasteiger partial charge < -0.3 is 16.2 Å². The van der Waals surface area contributed by atoms with Gasteiger partial charge in [-0.25, -0.2) is 4.39 Å². The molecule has 0 aliphatic carbocycles. The second kappa shape index (κ2) is 11.3. The molecule has 0 saturated heterocycles. The van der Waals surface area contributed by atoms with Crippen LogP contribution in [0.25, 0.3) is 0 Å². The maximum Gasteiger partial charge on any atom is 0.416 e. The molecule has 0 aromatic heterocycles. The number of aliphatic hydroxyl groups is 1. The van der Waals surface area contributed by atoms with Crippen LogP contribution >= 0.6 is 0 Å². The van der Waals surface area contributed by atoms with Crippen LogP contribution in [0.15, 0.2) is 84.9 Å². The summed E-state index contributed by atoms with van der Waals surface area (Å²) >= 11 is 0. The van der Waals surface area contributed by atoms with Crippen LogP contribution in [-0.4, -0.2) is 16.9 Å². The molecular weight excluding hydrogens is 550 g/mol. The number of benzene rings is 4. The van der Waals surface area contributed by atoms with Crippen molar-refractivity contribution >= 4 is 28.9 Å². The number of nitrogens with two attached hydrogens (primary N) is 1. The Labute approximate surface area is 239 Å². The van der Waals surface area contributed by atoms with Crippen LogP contribution in [0.2, 0.25) is 0 Å². The van der Waals surface area contributed by atoms with Gasteiger partial charge in [-0.2, -0.15) is 13.2 Å². The summed E-state index contributed by atoms with van der Waals surface area (Å²) < 4.78 is 56.0. The van der Waals surface area contributed by atoms with Gasteiger partial charge in [0.25, 0.3) is 5.91 Å². The second-order valence-corrected chi connectivity index (χ2v) is 10.2. The average molecular weight is 578 g/mol. The Kier molecular flexibility index (Phi) is 7.74. The third-order valence-corrected chi connectivity index (χ3v) is 7.47. The third kappa shape index (κ3) is 5.45. The number of aliphatic hydroxyl groups excluding tert-OH is 1. The largest absolute Gasteiger partial charge is 0.416 e. The fraction of sp³-hybridized carbons (Fsp3) is 0.188. The van der Waals surface area contributed by atoms with E-state index in [-0.39, 0.29) is 23.2 Å². The molecule has 1 heterocycles. The number of para-hydroxylation sites is 1. The van der Waals surface area contributed by atoms with E-state index in [0.29, 0.717) is 28.1 Å². The van der Waals surface area contributed by atoms with E-state index in [1.807, 2.05) is 0 Å². The van der Waals surface area contributed by atoms with Crippen molar-refractivity contribution < 1.29 is 32.3 Å². The van der Waals surface area contributed by atoms with E-state index in [1.54, 1.807) is 61.5 Å². The van der Waals surface area contributed by atoms with Crippen molar-refractivity contribution in [2.24, 2.45) is 5.92 Å². The van der Waals surface area contributed by atoms with Gasteiger partial charge in [-0.15, -0.1) is 0 Å². The molecule has 42 heavy (non-hydrogen) atoms. The normalized spacial score (nSPS) is 16.6. The number of nitrogens with one attached hydrogen (secondary N) is 1. The topological polar surface area (TPSA) is 95.7 Å². The molecule has 4 aromatic rings. The highest BCUT2D eigenvalue weighted by Crippen LogP contribution is 2.44.